The number of aryl methyl sites for hydroxylation is 1. The summed E-state index contributed by atoms with van der Waals surface area (Å²) in [5, 5.41) is 6.61. The van der Waals surface area contributed by atoms with E-state index in [-0.39, 0.29) is 29.8 Å². The first-order valence-corrected chi connectivity index (χ1v) is 12.1. The highest BCUT2D eigenvalue weighted by atomic mass is 16.5. The molecule has 8 heteroatoms. The SMILES string of the molecule is CC(=O)N1c2ccc(C(=O)NCCN3CCOCC3)cc2C(Nc2cccc(C)n2)[C@@H](C)[C@@H]1C. The molecule has 2 aliphatic rings. The van der Waals surface area contributed by atoms with E-state index in [9.17, 15) is 9.59 Å². The molecule has 4 rings (SSSR count). The molecule has 1 unspecified atom stereocenters. The zero-order chi connectivity index (χ0) is 24.2. The van der Waals surface area contributed by atoms with Gasteiger partial charge < -0.3 is 20.3 Å². The Morgan fingerprint density at radius 2 is 1.91 bits per heavy atom. The van der Waals surface area contributed by atoms with Crippen molar-refractivity contribution >= 4 is 23.3 Å². The molecule has 0 bridgehead atoms. The van der Waals surface area contributed by atoms with E-state index >= 15 is 0 Å². The van der Waals surface area contributed by atoms with E-state index in [2.05, 4.69) is 34.4 Å². The van der Waals surface area contributed by atoms with E-state index in [0.717, 1.165) is 55.6 Å². The van der Waals surface area contributed by atoms with Gasteiger partial charge in [-0.1, -0.05) is 13.0 Å². The molecule has 2 aliphatic heterocycles. The van der Waals surface area contributed by atoms with Crippen molar-refractivity contribution in [3.05, 3.63) is 53.2 Å². The first-order chi connectivity index (χ1) is 16.3. The molecule has 34 heavy (non-hydrogen) atoms. The van der Waals surface area contributed by atoms with Crippen molar-refractivity contribution in [1.29, 1.82) is 0 Å². The van der Waals surface area contributed by atoms with Crippen molar-refractivity contribution in [2.45, 2.75) is 39.8 Å². The Bertz CT molecular complexity index is 1040. The maximum atomic E-state index is 13.0. The van der Waals surface area contributed by atoms with Gasteiger partial charge in [-0.3, -0.25) is 14.5 Å². The summed E-state index contributed by atoms with van der Waals surface area (Å²) < 4.78 is 5.38. The smallest absolute Gasteiger partial charge is 0.251 e. The molecule has 1 saturated heterocycles. The number of hydrogen-bond donors (Lipinski definition) is 2. The number of carbonyl (C=O) groups excluding carboxylic acids is 2. The number of aromatic nitrogens is 1. The summed E-state index contributed by atoms with van der Waals surface area (Å²) in [6.45, 7) is 12.4. The quantitative estimate of drug-likeness (QED) is 0.682. The van der Waals surface area contributed by atoms with Gasteiger partial charge in [-0.25, -0.2) is 4.98 Å². The number of pyridine rings is 1. The molecule has 2 aromatic rings. The van der Waals surface area contributed by atoms with Gasteiger partial charge in [-0.05, 0) is 49.7 Å². The van der Waals surface area contributed by atoms with Gasteiger partial charge >= 0.3 is 0 Å². The Morgan fingerprint density at radius 1 is 1.15 bits per heavy atom. The number of amides is 2. The van der Waals surface area contributed by atoms with Gasteiger partial charge in [0.2, 0.25) is 5.91 Å². The summed E-state index contributed by atoms with van der Waals surface area (Å²) in [5.74, 6) is 0.782. The lowest BCUT2D eigenvalue weighted by molar-refractivity contribution is -0.117. The summed E-state index contributed by atoms with van der Waals surface area (Å²) in [6.07, 6.45) is 0. The molecule has 0 aliphatic carbocycles. The monoisotopic (exact) mass is 465 g/mol. The number of nitrogens with zero attached hydrogens (tertiary/aromatic N) is 3. The van der Waals surface area contributed by atoms with E-state index < -0.39 is 0 Å². The van der Waals surface area contributed by atoms with Crippen LogP contribution in [0.5, 0.6) is 0 Å². The van der Waals surface area contributed by atoms with Gasteiger partial charge in [0.15, 0.2) is 0 Å². The Morgan fingerprint density at radius 3 is 2.62 bits per heavy atom. The summed E-state index contributed by atoms with van der Waals surface area (Å²) in [4.78, 5) is 34.3. The minimum absolute atomic E-state index is 0.000471. The van der Waals surface area contributed by atoms with Gasteiger partial charge in [-0.2, -0.15) is 0 Å². The van der Waals surface area contributed by atoms with Crippen molar-refractivity contribution in [2.75, 3.05) is 49.6 Å². The van der Waals surface area contributed by atoms with Crippen LogP contribution in [0, 0.1) is 12.8 Å². The Balaban J connectivity index is 1.58. The number of benzene rings is 1. The second kappa shape index (κ2) is 10.5. The van der Waals surface area contributed by atoms with E-state index in [0.29, 0.717) is 12.1 Å². The van der Waals surface area contributed by atoms with E-state index in [4.69, 9.17) is 4.74 Å². The van der Waals surface area contributed by atoms with Crippen LogP contribution in [0.3, 0.4) is 0 Å². The second-order valence-electron chi connectivity index (χ2n) is 9.26. The van der Waals surface area contributed by atoms with Crippen molar-refractivity contribution in [2.24, 2.45) is 5.92 Å². The number of hydrogen-bond acceptors (Lipinski definition) is 6. The van der Waals surface area contributed by atoms with Crippen LogP contribution in [0.4, 0.5) is 11.5 Å². The fraction of sp³-hybridized carbons (Fsp3) is 0.500. The lowest BCUT2D eigenvalue weighted by Gasteiger charge is -2.44. The molecule has 2 N–H and O–H groups in total. The molecule has 1 fully saturated rings. The number of anilines is 2. The fourth-order valence-electron chi connectivity index (χ4n) is 4.88. The largest absolute Gasteiger partial charge is 0.379 e. The van der Waals surface area contributed by atoms with Crippen LogP contribution >= 0.6 is 0 Å². The third-order valence-electron chi connectivity index (χ3n) is 6.93. The predicted octanol–water partition coefficient (Wildman–Crippen LogP) is 3.00. The number of fused-ring (bicyclic) bond motifs is 1. The third kappa shape index (κ3) is 5.23. The number of morpholine rings is 1. The molecule has 1 aromatic carbocycles. The maximum absolute atomic E-state index is 13.0. The Labute approximate surface area is 201 Å². The molecule has 3 atom stereocenters. The van der Waals surface area contributed by atoms with Crippen LogP contribution in [0.15, 0.2) is 36.4 Å². The summed E-state index contributed by atoms with van der Waals surface area (Å²) in [6, 6.07) is 11.4. The topological polar surface area (TPSA) is 86.8 Å². The van der Waals surface area contributed by atoms with Gasteiger partial charge in [0, 0.05) is 62.0 Å². The first kappa shape index (κ1) is 24.2. The van der Waals surface area contributed by atoms with Gasteiger partial charge in [-0.15, -0.1) is 0 Å². The molecule has 182 valence electrons. The molecule has 0 saturated carbocycles. The zero-order valence-electron chi connectivity index (χ0n) is 20.5. The van der Waals surface area contributed by atoms with Crippen molar-refractivity contribution in [3.8, 4) is 0 Å². The molecule has 2 amide bonds. The zero-order valence-corrected chi connectivity index (χ0v) is 20.5. The normalized spacial score (nSPS) is 22.7. The van der Waals surface area contributed by atoms with Crippen LogP contribution < -0.4 is 15.5 Å². The Kier molecular flexibility index (Phi) is 7.48. The van der Waals surface area contributed by atoms with E-state index in [1.54, 1.807) is 6.92 Å². The average Bonchev–Trinajstić information content (AvgIpc) is 2.82. The third-order valence-corrected chi connectivity index (χ3v) is 6.93. The second-order valence-corrected chi connectivity index (χ2v) is 9.26. The number of rotatable bonds is 6. The lowest BCUT2D eigenvalue weighted by atomic mass is 9.82. The minimum Gasteiger partial charge on any atom is -0.379 e. The van der Waals surface area contributed by atoms with Crippen LogP contribution in [-0.4, -0.2) is 67.1 Å². The average molecular weight is 466 g/mol. The van der Waals surface area contributed by atoms with Crippen molar-refractivity contribution in [3.63, 3.8) is 0 Å². The lowest BCUT2D eigenvalue weighted by Crippen LogP contribution is -2.48. The van der Waals surface area contributed by atoms with Gasteiger partial charge in [0.05, 0.1) is 19.3 Å². The molecular formula is C26H35N5O3. The number of ether oxygens (including phenoxy) is 1. The molecular weight excluding hydrogens is 430 g/mol. The standard InChI is InChI=1S/C26H35N5O3/c1-17-6-5-7-24(28-17)29-25-18(2)19(3)31(20(4)32)23-9-8-21(16-22(23)25)26(33)27-10-11-30-12-14-34-15-13-30/h5-9,16,18-19,25H,10-15H2,1-4H3,(H,27,33)(H,28,29)/t18-,19-,25?/m0/s1. The highest BCUT2D eigenvalue weighted by Crippen LogP contribution is 2.42. The van der Waals surface area contributed by atoms with Crippen molar-refractivity contribution < 1.29 is 14.3 Å². The maximum Gasteiger partial charge on any atom is 0.251 e. The predicted molar refractivity (Wildman–Crippen MR) is 133 cm³/mol. The molecule has 0 spiro atoms. The van der Waals surface area contributed by atoms with E-state index in [1.165, 1.54) is 0 Å². The van der Waals surface area contributed by atoms with Crippen LogP contribution in [-0.2, 0) is 9.53 Å². The van der Waals surface area contributed by atoms with Crippen LogP contribution in [0.25, 0.3) is 0 Å². The molecule has 0 radical (unpaired) electrons. The highest BCUT2D eigenvalue weighted by Gasteiger charge is 2.38. The number of carbonyl (C=O) groups is 2. The summed E-state index contributed by atoms with van der Waals surface area (Å²) in [7, 11) is 0. The summed E-state index contributed by atoms with van der Waals surface area (Å²) in [5.41, 5.74) is 3.30. The van der Waals surface area contributed by atoms with Gasteiger partial charge in [0.1, 0.15) is 5.82 Å². The Hall–Kier alpha value is -2.97. The van der Waals surface area contributed by atoms with Crippen molar-refractivity contribution in [1.82, 2.24) is 15.2 Å². The molecule has 3 heterocycles. The van der Waals surface area contributed by atoms with E-state index in [1.807, 2.05) is 48.2 Å². The van der Waals surface area contributed by atoms with Gasteiger partial charge in [0.25, 0.3) is 5.91 Å². The molecule has 1 aromatic heterocycles. The molecule has 8 nitrogen and oxygen atoms in total. The summed E-state index contributed by atoms with van der Waals surface area (Å²) >= 11 is 0. The fourth-order valence-corrected chi connectivity index (χ4v) is 4.88. The first-order valence-electron chi connectivity index (χ1n) is 12.1. The minimum atomic E-state index is -0.107. The van der Waals surface area contributed by atoms with Crippen LogP contribution in [0.2, 0.25) is 0 Å². The van der Waals surface area contributed by atoms with Crippen LogP contribution in [0.1, 0.15) is 48.4 Å². The number of nitrogens with one attached hydrogen (secondary N) is 2. The highest BCUT2D eigenvalue weighted by molar-refractivity contribution is 5.98.